The maximum atomic E-state index is 5.86. The van der Waals surface area contributed by atoms with Crippen molar-refractivity contribution in [3.63, 3.8) is 0 Å². The molecule has 0 fully saturated rings. The lowest BCUT2D eigenvalue weighted by molar-refractivity contribution is -0.00298. The van der Waals surface area contributed by atoms with E-state index in [0.717, 1.165) is 18.9 Å². The lowest BCUT2D eigenvalue weighted by atomic mass is 9.87. The molecule has 0 amide bonds. The Morgan fingerprint density at radius 1 is 1.17 bits per heavy atom. The zero-order valence-electron chi connectivity index (χ0n) is 13.0. The zero-order chi connectivity index (χ0) is 14.0. The van der Waals surface area contributed by atoms with Gasteiger partial charge in [0.05, 0.1) is 6.10 Å². The van der Waals surface area contributed by atoms with Crippen LogP contribution in [0.1, 0.15) is 66.7 Å². The Labute approximate surface area is 114 Å². The molecule has 0 aromatic carbocycles. The Morgan fingerprint density at radius 3 is 2.22 bits per heavy atom. The molecular formula is C15H34N2O. The number of hydrogen-bond donors (Lipinski definition) is 2. The van der Waals surface area contributed by atoms with Gasteiger partial charge in [-0.2, -0.15) is 0 Å². The number of hydrazine groups is 1. The van der Waals surface area contributed by atoms with Crippen molar-refractivity contribution in [2.75, 3.05) is 6.61 Å². The van der Waals surface area contributed by atoms with Crippen molar-refractivity contribution in [3.8, 4) is 0 Å². The van der Waals surface area contributed by atoms with Crippen molar-refractivity contribution in [3.05, 3.63) is 0 Å². The molecule has 0 aliphatic heterocycles. The molecule has 18 heavy (non-hydrogen) atoms. The van der Waals surface area contributed by atoms with Crippen LogP contribution in [0.25, 0.3) is 0 Å². The third-order valence-corrected chi connectivity index (χ3v) is 3.76. The van der Waals surface area contributed by atoms with E-state index in [1.165, 1.54) is 25.7 Å². The van der Waals surface area contributed by atoms with Gasteiger partial charge in [0, 0.05) is 12.6 Å². The molecular weight excluding hydrogens is 224 g/mol. The smallest absolute Gasteiger partial charge is 0.0764 e. The Bertz CT molecular complexity index is 185. The van der Waals surface area contributed by atoms with Crippen LogP contribution in [0.5, 0.6) is 0 Å². The van der Waals surface area contributed by atoms with E-state index >= 15 is 0 Å². The number of hydrogen-bond acceptors (Lipinski definition) is 3. The first-order valence-electron chi connectivity index (χ1n) is 7.68. The lowest BCUT2D eigenvalue weighted by Gasteiger charge is -2.32. The average molecular weight is 258 g/mol. The monoisotopic (exact) mass is 258 g/mol. The predicted octanol–water partition coefficient (Wildman–Crippen LogP) is 3.49. The molecule has 0 saturated carbocycles. The summed E-state index contributed by atoms with van der Waals surface area (Å²) in [5.74, 6) is 7.00. The second-order valence-electron chi connectivity index (χ2n) is 5.59. The fourth-order valence-corrected chi connectivity index (χ4v) is 2.60. The minimum atomic E-state index is 0.218. The van der Waals surface area contributed by atoms with Crippen LogP contribution in [-0.2, 0) is 4.74 Å². The van der Waals surface area contributed by atoms with Crippen molar-refractivity contribution in [1.82, 2.24) is 5.43 Å². The molecule has 110 valence electrons. The standard InChI is InChI=1S/C15H34N2O/c1-6-9-10-13(7-2)11-14(17-16)15(12(4)5)18-8-3/h12-15,17H,6-11,16H2,1-5H3. The minimum Gasteiger partial charge on any atom is -0.377 e. The molecule has 0 aromatic rings. The first-order valence-corrected chi connectivity index (χ1v) is 7.68. The summed E-state index contributed by atoms with van der Waals surface area (Å²) in [5, 5.41) is 0. The molecule has 3 N–H and O–H groups in total. The molecule has 0 heterocycles. The van der Waals surface area contributed by atoms with Crippen LogP contribution in [-0.4, -0.2) is 18.8 Å². The Morgan fingerprint density at radius 2 is 1.83 bits per heavy atom. The molecule has 0 aliphatic rings. The van der Waals surface area contributed by atoms with Crippen LogP contribution < -0.4 is 11.3 Å². The summed E-state index contributed by atoms with van der Waals surface area (Å²) in [4.78, 5) is 0. The van der Waals surface area contributed by atoms with Crippen LogP contribution in [0.3, 0.4) is 0 Å². The van der Waals surface area contributed by atoms with Crippen LogP contribution in [0.2, 0.25) is 0 Å². The van der Waals surface area contributed by atoms with E-state index in [1.54, 1.807) is 0 Å². The summed E-state index contributed by atoms with van der Waals surface area (Å²) in [7, 11) is 0. The molecule has 3 heteroatoms. The fraction of sp³-hybridized carbons (Fsp3) is 1.00. The lowest BCUT2D eigenvalue weighted by Crippen LogP contribution is -2.48. The topological polar surface area (TPSA) is 47.3 Å². The summed E-state index contributed by atoms with van der Waals surface area (Å²) in [6, 6.07) is 0.270. The first-order chi connectivity index (χ1) is 8.60. The minimum absolute atomic E-state index is 0.218. The summed E-state index contributed by atoms with van der Waals surface area (Å²) >= 11 is 0. The van der Waals surface area contributed by atoms with Gasteiger partial charge in [-0.3, -0.25) is 11.3 Å². The highest BCUT2D eigenvalue weighted by Crippen LogP contribution is 2.23. The highest BCUT2D eigenvalue weighted by atomic mass is 16.5. The molecule has 3 nitrogen and oxygen atoms in total. The second kappa shape index (κ2) is 10.8. The van der Waals surface area contributed by atoms with Crippen LogP contribution >= 0.6 is 0 Å². The van der Waals surface area contributed by atoms with E-state index in [-0.39, 0.29) is 12.1 Å². The van der Waals surface area contributed by atoms with E-state index in [1.807, 2.05) is 0 Å². The molecule has 0 aliphatic carbocycles. The number of rotatable bonds is 11. The molecule has 0 rings (SSSR count). The molecule has 0 radical (unpaired) electrons. The first kappa shape index (κ1) is 17.9. The highest BCUT2D eigenvalue weighted by Gasteiger charge is 2.26. The Kier molecular flexibility index (Phi) is 10.7. The predicted molar refractivity (Wildman–Crippen MR) is 79.3 cm³/mol. The molecule has 0 bridgehead atoms. The highest BCUT2D eigenvalue weighted by molar-refractivity contribution is 4.80. The largest absolute Gasteiger partial charge is 0.377 e. The quantitative estimate of drug-likeness (QED) is 0.440. The van der Waals surface area contributed by atoms with E-state index in [4.69, 9.17) is 10.6 Å². The van der Waals surface area contributed by atoms with Crippen molar-refractivity contribution in [2.24, 2.45) is 17.7 Å². The van der Waals surface area contributed by atoms with Gasteiger partial charge in [0.2, 0.25) is 0 Å². The number of nitrogens with one attached hydrogen (secondary N) is 1. The number of unbranched alkanes of at least 4 members (excludes halogenated alkanes) is 1. The Balaban J connectivity index is 4.42. The molecule has 0 aromatic heterocycles. The third-order valence-electron chi connectivity index (χ3n) is 3.76. The van der Waals surface area contributed by atoms with Crippen LogP contribution in [0.4, 0.5) is 0 Å². The summed E-state index contributed by atoms with van der Waals surface area (Å²) < 4.78 is 5.86. The molecule has 0 spiro atoms. The van der Waals surface area contributed by atoms with Gasteiger partial charge >= 0.3 is 0 Å². The van der Waals surface area contributed by atoms with E-state index in [9.17, 15) is 0 Å². The third kappa shape index (κ3) is 6.72. The fourth-order valence-electron chi connectivity index (χ4n) is 2.60. The number of ether oxygens (including phenoxy) is 1. The van der Waals surface area contributed by atoms with E-state index < -0.39 is 0 Å². The van der Waals surface area contributed by atoms with Gasteiger partial charge in [-0.05, 0) is 25.2 Å². The normalized spacial score (nSPS) is 16.8. The summed E-state index contributed by atoms with van der Waals surface area (Å²) in [6.45, 7) is 11.8. The van der Waals surface area contributed by atoms with Crippen molar-refractivity contribution in [2.45, 2.75) is 78.9 Å². The second-order valence-corrected chi connectivity index (χ2v) is 5.59. The van der Waals surface area contributed by atoms with Gasteiger partial charge in [-0.1, -0.05) is 53.4 Å². The van der Waals surface area contributed by atoms with Gasteiger partial charge in [-0.25, -0.2) is 0 Å². The molecule has 3 unspecified atom stereocenters. The van der Waals surface area contributed by atoms with Gasteiger partial charge < -0.3 is 4.74 Å². The summed E-state index contributed by atoms with van der Waals surface area (Å²) in [5.41, 5.74) is 2.98. The Hall–Kier alpha value is -0.120. The van der Waals surface area contributed by atoms with Crippen molar-refractivity contribution < 1.29 is 4.74 Å². The van der Waals surface area contributed by atoms with Crippen molar-refractivity contribution >= 4 is 0 Å². The summed E-state index contributed by atoms with van der Waals surface area (Å²) in [6.07, 6.45) is 6.47. The average Bonchev–Trinajstić information content (AvgIpc) is 2.37. The van der Waals surface area contributed by atoms with Crippen molar-refractivity contribution in [1.29, 1.82) is 0 Å². The van der Waals surface area contributed by atoms with Crippen LogP contribution in [0.15, 0.2) is 0 Å². The number of nitrogens with two attached hydrogens (primary N) is 1. The zero-order valence-corrected chi connectivity index (χ0v) is 13.0. The molecule has 3 atom stereocenters. The van der Waals surface area contributed by atoms with Gasteiger partial charge in [-0.15, -0.1) is 0 Å². The SMILES string of the molecule is CCCCC(CC)CC(NN)C(OCC)C(C)C. The van der Waals surface area contributed by atoms with E-state index in [2.05, 4.69) is 40.0 Å². The van der Waals surface area contributed by atoms with E-state index in [0.29, 0.717) is 5.92 Å². The van der Waals surface area contributed by atoms with Gasteiger partial charge in [0.15, 0.2) is 0 Å². The van der Waals surface area contributed by atoms with Gasteiger partial charge in [0.1, 0.15) is 0 Å². The van der Waals surface area contributed by atoms with Gasteiger partial charge in [0.25, 0.3) is 0 Å². The maximum absolute atomic E-state index is 5.86. The maximum Gasteiger partial charge on any atom is 0.0764 e. The van der Waals surface area contributed by atoms with Crippen LogP contribution in [0, 0.1) is 11.8 Å². The molecule has 0 saturated heterocycles.